The van der Waals surface area contributed by atoms with Gasteiger partial charge in [-0.25, -0.2) is 0 Å². The van der Waals surface area contributed by atoms with Crippen molar-refractivity contribution >= 4 is 0 Å². The van der Waals surface area contributed by atoms with E-state index in [9.17, 15) is 0 Å². The lowest BCUT2D eigenvalue weighted by Gasteiger charge is -2.47. The third-order valence-electron chi connectivity index (χ3n) is 5.55. The summed E-state index contributed by atoms with van der Waals surface area (Å²) in [5.74, 6) is 1.17. The van der Waals surface area contributed by atoms with E-state index in [-0.39, 0.29) is 10.8 Å². The molecule has 18 heavy (non-hydrogen) atoms. The molecule has 0 N–H and O–H groups in total. The summed E-state index contributed by atoms with van der Waals surface area (Å²) in [5.41, 5.74) is 0.407. The molecule has 0 radical (unpaired) electrons. The lowest BCUT2D eigenvalue weighted by Crippen LogP contribution is -2.39. The van der Waals surface area contributed by atoms with Crippen LogP contribution >= 0.6 is 0 Å². The highest BCUT2D eigenvalue weighted by Crippen LogP contribution is 2.52. The standard InChI is InChI=1S/C18H30/c1-7-15-12-10-11-13-18(6,9-3)17(4,5)16(8-2)14-15/h7-9,15-16H,1-3,10-14H2,4-6H3. The largest absolute Gasteiger partial charge is 0.103 e. The quantitative estimate of drug-likeness (QED) is 0.554. The lowest BCUT2D eigenvalue weighted by atomic mass is 9.57. The van der Waals surface area contributed by atoms with E-state index in [0.29, 0.717) is 11.8 Å². The average molecular weight is 246 g/mol. The van der Waals surface area contributed by atoms with Crippen molar-refractivity contribution in [2.24, 2.45) is 22.7 Å². The maximum atomic E-state index is 4.11. The molecule has 0 aliphatic heterocycles. The fourth-order valence-corrected chi connectivity index (χ4v) is 3.35. The normalized spacial score (nSPS) is 36.8. The van der Waals surface area contributed by atoms with Gasteiger partial charge in [0.1, 0.15) is 0 Å². The SMILES string of the molecule is C=CC1CCCCC(C)(C=C)C(C)(C)C(C=C)C1. The van der Waals surface area contributed by atoms with Gasteiger partial charge < -0.3 is 0 Å². The Hall–Kier alpha value is -0.780. The van der Waals surface area contributed by atoms with Gasteiger partial charge in [-0.2, -0.15) is 0 Å². The molecule has 1 saturated carbocycles. The van der Waals surface area contributed by atoms with Gasteiger partial charge in [-0.3, -0.25) is 0 Å². The Labute approximate surface area is 114 Å². The molecule has 3 atom stereocenters. The summed E-state index contributed by atoms with van der Waals surface area (Å²) in [4.78, 5) is 0. The lowest BCUT2D eigenvalue weighted by molar-refractivity contribution is 0.0739. The zero-order chi connectivity index (χ0) is 13.8. The van der Waals surface area contributed by atoms with E-state index in [1.807, 2.05) is 0 Å². The van der Waals surface area contributed by atoms with Crippen molar-refractivity contribution in [3.63, 3.8) is 0 Å². The highest BCUT2D eigenvalue weighted by molar-refractivity contribution is 5.08. The molecule has 3 unspecified atom stereocenters. The highest BCUT2D eigenvalue weighted by atomic mass is 14.5. The molecule has 0 nitrogen and oxygen atoms in total. The van der Waals surface area contributed by atoms with Crippen LogP contribution in [-0.4, -0.2) is 0 Å². The molecule has 0 saturated heterocycles. The fourth-order valence-electron chi connectivity index (χ4n) is 3.35. The van der Waals surface area contributed by atoms with Crippen molar-refractivity contribution in [2.75, 3.05) is 0 Å². The topological polar surface area (TPSA) is 0 Å². The molecule has 0 aromatic heterocycles. The summed E-state index contributed by atoms with van der Waals surface area (Å²) in [5, 5.41) is 0. The Morgan fingerprint density at radius 1 is 1.00 bits per heavy atom. The van der Waals surface area contributed by atoms with Crippen molar-refractivity contribution in [1.82, 2.24) is 0 Å². The van der Waals surface area contributed by atoms with Gasteiger partial charge >= 0.3 is 0 Å². The molecule has 0 heteroatoms. The van der Waals surface area contributed by atoms with Gasteiger partial charge in [0.25, 0.3) is 0 Å². The minimum absolute atomic E-state index is 0.196. The molecule has 0 aromatic carbocycles. The van der Waals surface area contributed by atoms with Crippen molar-refractivity contribution < 1.29 is 0 Å². The molecule has 1 rings (SSSR count). The summed E-state index contributed by atoms with van der Waals surface area (Å²) in [6.45, 7) is 19.3. The van der Waals surface area contributed by atoms with Crippen LogP contribution in [-0.2, 0) is 0 Å². The maximum Gasteiger partial charge on any atom is -0.00924 e. The van der Waals surface area contributed by atoms with E-state index in [0.717, 1.165) is 0 Å². The molecule has 0 aromatic rings. The van der Waals surface area contributed by atoms with Crippen LogP contribution < -0.4 is 0 Å². The van der Waals surface area contributed by atoms with Crippen molar-refractivity contribution in [2.45, 2.75) is 52.9 Å². The Morgan fingerprint density at radius 2 is 1.67 bits per heavy atom. The van der Waals surface area contributed by atoms with E-state index in [1.165, 1.54) is 32.1 Å². The molecule has 0 heterocycles. The molecule has 0 amide bonds. The fraction of sp³-hybridized carbons (Fsp3) is 0.667. The van der Waals surface area contributed by atoms with Crippen molar-refractivity contribution in [1.29, 1.82) is 0 Å². The Balaban J connectivity index is 3.10. The van der Waals surface area contributed by atoms with Crippen LogP contribution in [0.1, 0.15) is 52.9 Å². The molecule has 1 aliphatic carbocycles. The summed E-state index contributed by atoms with van der Waals surface area (Å²) in [7, 11) is 0. The van der Waals surface area contributed by atoms with Gasteiger partial charge in [0.05, 0.1) is 0 Å². The average Bonchev–Trinajstić information content (AvgIpc) is 2.40. The second-order valence-corrected chi connectivity index (χ2v) is 6.66. The van der Waals surface area contributed by atoms with E-state index < -0.39 is 0 Å². The molecular weight excluding hydrogens is 216 g/mol. The predicted molar refractivity (Wildman–Crippen MR) is 82.5 cm³/mol. The molecule has 1 aliphatic rings. The zero-order valence-corrected chi connectivity index (χ0v) is 12.5. The molecule has 0 bridgehead atoms. The van der Waals surface area contributed by atoms with Crippen LogP contribution in [0, 0.1) is 22.7 Å². The number of hydrogen-bond donors (Lipinski definition) is 0. The van der Waals surface area contributed by atoms with Crippen LogP contribution in [0.3, 0.4) is 0 Å². The molecule has 1 fully saturated rings. The summed E-state index contributed by atoms with van der Waals surface area (Å²) >= 11 is 0. The number of allylic oxidation sites excluding steroid dienone is 3. The third-order valence-corrected chi connectivity index (χ3v) is 5.55. The smallest absolute Gasteiger partial charge is 0.00924 e. The first-order chi connectivity index (χ1) is 8.41. The number of rotatable bonds is 3. The third kappa shape index (κ3) is 2.79. The van der Waals surface area contributed by atoms with Crippen molar-refractivity contribution in [3.8, 4) is 0 Å². The van der Waals surface area contributed by atoms with Crippen LogP contribution in [0.25, 0.3) is 0 Å². The highest BCUT2D eigenvalue weighted by Gasteiger charge is 2.43. The first-order valence-corrected chi connectivity index (χ1v) is 7.30. The van der Waals surface area contributed by atoms with E-state index in [4.69, 9.17) is 0 Å². The second kappa shape index (κ2) is 5.91. The van der Waals surface area contributed by atoms with E-state index in [2.05, 4.69) is 58.7 Å². The summed E-state index contributed by atoms with van der Waals surface area (Å²) < 4.78 is 0. The minimum Gasteiger partial charge on any atom is -0.103 e. The van der Waals surface area contributed by atoms with Gasteiger partial charge in [0, 0.05) is 0 Å². The van der Waals surface area contributed by atoms with Gasteiger partial charge in [0.2, 0.25) is 0 Å². The Bertz CT molecular complexity index is 310. The Morgan fingerprint density at radius 3 is 2.17 bits per heavy atom. The van der Waals surface area contributed by atoms with Gasteiger partial charge in [-0.15, -0.1) is 19.7 Å². The van der Waals surface area contributed by atoms with Crippen LogP contribution in [0.2, 0.25) is 0 Å². The minimum atomic E-state index is 0.196. The van der Waals surface area contributed by atoms with Crippen LogP contribution in [0.5, 0.6) is 0 Å². The first kappa shape index (κ1) is 15.3. The Kier molecular flexibility index (Phi) is 5.01. The van der Waals surface area contributed by atoms with Gasteiger partial charge in [-0.05, 0) is 41.9 Å². The summed E-state index contributed by atoms with van der Waals surface area (Å²) in [6.07, 6.45) is 12.8. The first-order valence-electron chi connectivity index (χ1n) is 7.30. The van der Waals surface area contributed by atoms with E-state index in [1.54, 1.807) is 0 Å². The molecular formula is C18H30. The van der Waals surface area contributed by atoms with Gasteiger partial charge in [0.15, 0.2) is 0 Å². The van der Waals surface area contributed by atoms with Crippen LogP contribution in [0.15, 0.2) is 38.0 Å². The monoisotopic (exact) mass is 246 g/mol. The number of hydrogen-bond acceptors (Lipinski definition) is 0. The maximum absolute atomic E-state index is 4.11. The molecule has 0 spiro atoms. The zero-order valence-electron chi connectivity index (χ0n) is 12.5. The van der Waals surface area contributed by atoms with Crippen LogP contribution in [0.4, 0.5) is 0 Å². The van der Waals surface area contributed by atoms with Gasteiger partial charge in [-0.1, -0.05) is 51.8 Å². The van der Waals surface area contributed by atoms with E-state index >= 15 is 0 Å². The second-order valence-electron chi connectivity index (χ2n) is 6.66. The summed E-state index contributed by atoms with van der Waals surface area (Å²) in [6, 6.07) is 0. The predicted octanol–water partition coefficient (Wildman–Crippen LogP) is 5.77. The molecule has 102 valence electrons. The van der Waals surface area contributed by atoms with Crippen molar-refractivity contribution in [3.05, 3.63) is 38.0 Å².